The first-order chi connectivity index (χ1) is 7.40. The van der Waals surface area contributed by atoms with Crippen molar-refractivity contribution in [3.63, 3.8) is 0 Å². The largest absolute Gasteiger partial charge is 0.351 e. The number of hydrogen-bond donors (Lipinski definition) is 3. The minimum atomic E-state index is -0.875. The second-order valence-electron chi connectivity index (χ2n) is 3.72. The van der Waals surface area contributed by atoms with Gasteiger partial charge in [0.2, 0.25) is 0 Å². The first-order valence-electron chi connectivity index (χ1n) is 4.85. The molecule has 0 radical (unpaired) electrons. The van der Waals surface area contributed by atoms with Gasteiger partial charge in [-0.05, 0) is 31.9 Å². The molecule has 0 atom stereocenters. The topological polar surface area (TPSA) is 84.2 Å². The molecule has 0 aliphatic rings. The van der Waals surface area contributed by atoms with Crippen molar-refractivity contribution in [1.29, 1.82) is 0 Å². The minimum Gasteiger partial charge on any atom is -0.351 e. The summed E-state index contributed by atoms with van der Waals surface area (Å²) >= 11 is 0. The average Bonchev–Trinajstić information content (AvgIpc) is 2.09. The average molecular weight is 221 g/mol. The second kappa shape index (κ2) is 4.65. The van der Waals surface area contributed by atoms with Crippen LogP contribution in [-0.2, 0) is 0 Å². The minimum absolute atomic E-state index is 0.623. The van der Waals surface area contributed by atoms with Gasteiger partial charge in [0.25, 0.3) is 0 Å². The zero-order valence-electron chi connectivity index (χ0n) is 9.55. The summed E-state index contributed by atoms with van der Waals surface area (Å²) in [5.41, 5.74) is 8.54. The van der Waals surface area contributed by atoms with Gasteiger partial charge in [0, 0.05) is 5.69 Å². The van der Waals surface area contributed by atoms with Crippen molar-refractivity contribution < 1.29 is 9.59 Å². The Hall–Kier alpha value is -2.04. The molecule has 5 nitrogen and oxygen atoms in total. The number of nitrogens with one attached hydrogen (secondary N) is 2. The molecule has 0 bridgehead atoms. The molecule has 0 unspecified atom stereocenters. The highest BCUT2D eigenvalue weighted by Crippen LogP contribution is 2.21. The van der Waals surface area contributed by atoms with Crippen molar-refractivity contribution in [1.82, 2.24) is 5.32 Å². The van der Waals surface area contributed by atoms with Gasteiger partial charge in [-0.25, -0.2) is 9.59 Å². The van der Waals surface area contributed by atoms with Gasteiger partial charge in [-0.15, -0.1) is 0 Å². The number of nitrogens with two attached hydrogens (primary N) is 1. The summed E-state index contributed by atoms with van der Waals surface area (Å²) in [6.45, 7) is 5.76. The molecular weight excluding hydrogens is 206 g/mol. The molecule has 0 spiro atoms. The van der Waals surface area contributed by atoms with Gasteiger partial charge in [0.15, 0.2) is 0 Å². The molecule has 4 amide bonds. The summed E-state index contributed by atoms with van der Waals surface area (Å²) < 4.78 is 0. The molecule has 0 aliphatic heterocycles. The molecule has 0 saturated carbocycles. The van der Waals surface area contributed by atoms with Crippen LogP contribution in [0.15, 0.2) is 12.1 Å². The molecule has 0 aliphatic carbocycles. The van der Waals surface area contributed by atoms with Gasteiger partial charge in [-0.1, -0.05) is 17.7 Å². The van der Waals surface area contributed by atoms with E-state index in [4.69, 9.17) is 5.73 Å². The number of carbonyl (C=O) groups is 2. The van der Waals surface area contributed by atoms with Crippen LogP contribution in [0.3, 0.4) is 0 Å². The number of primary amides is 1. The highest BCUT2D eigenvalue weighted by Gasteiger charge is 2.08. The van der Waals surface area contributed by atoms with Crippen LogP contribution in [0.25, 0.3) is 0 Å². The Morgan fingerprint density at radius 3 is 2.06 bits per heavy atom. The fourth-order valence-electron chi connectivity index (χ4n) is 1.63. The Balaban J connectivity index is 2.89. The molecule has 86 valence electrons. The number of anilines is 1. The number of aryl methyl sites for hydroxylation is 3. The number of imide groups is 1. The number of urea groups is 2. The molecule has 4 N–H and O–H groups in total. The van der Waals surface area contributed by atoms with Crippen LogP contribution in [0.1, 0.15) is 16.7 Å². The highest BCUT2D eigenvalue weighted by molar-refractivity contribution is 6.00. The fraction of sp³-hybridized carbons (Fsp3) is 0.273. The lowest BCUT2D eigenvalue weighted by Gasteiger charge is -2.12. The lowest BCUT2D eigenvalue weighted by molar-refractivity contribution is 0.238. The maximum atomic E-state index is 11.3. The van der Waals surface area contributed by atoms with Crippen LogP contribution < -0.4 is 16.4 Å². The van der Waals surface area contributed by atoms with E-state index >= 15 is 0 Å². The number of amides is 4. The smallest absolute Gasteiger partial charge is 0.327 e. The summed E-state index contributed by atoms with van der Waals surface area (Å²) in [7, 11) is 0. The normalized spacial score (nSPS) is 9.69. The summed E-state index contributed by atoms with van der Waals surface area (Å²) in [6.07, 6.45) is 0. The number of carbonyl (C=O) groups excluding carboxylic acids is 2. The zero-order chi connectivity index (χ0) is 12.3. The van der Waals surface area contributed by atoms with Crippen molar-refractivity contribution in [3.8, 4) is 0 Å². The van der Waals surface area contributed by atoms with Crippen molar-refractivity contribution >= 4 is 17.7 Å². The zero-order valence-corrected chi connectivity index (χ0v) is 9.55. The molecule has 0 fully saturated rings. The number of benzene rings is 1. The van der Waals surface area contributed by atoms with E-state index in [0.717, 1.165) is 16.7 Å². The van der Waals surface area contributed by atoms with E-state index in [1.807, 2.05) is 38.2 Å². The third kappa shape index (κ3) is 2.98. The molecule has 1 rings (SSSR count). The lowest BCUT2D eigenvalue weighted by Crippen LogP contribution is -2.38. The van der Waals surface area contributed by atoms with Gasteiger partial charge in [-0.2, -0.15) is 0 Å². The van der Waals surface area contributed by atoms with Crippen molar-refractivity contribution in [3.05, 3.63) is 28.8 Å². The Kier molecular flexibility index (Phi) is 3.50. The van der Waals surface area contributed by atoms with Crippen LogP contribution in [0.2, 0.25) is 0 Å². The van der Waals surface area contributed by atoms with Crippen molar-refractivity contribution in [2.45, 2.75) is 20.8 Å². The van der Waals surface area contributed by atoms with Crippen LogP contribution in [0.4, 0.5) is 15.3 Å². The third-order valence-corrected chi connectivity index (χ3v) is 2.15. The number of hydrogen-bond acceptors (Lipinski definition) is 2. The molecule has 0 saturated heterocycles. The summed E-state index contributed by atoms with van der Waals surface area (Å²) in [6, 6.07) is 2.40. The predicted molar refractivity (Wildman–Crippen MR) is 62.4 cm³/mol. The fourth-order valence-corrected chi connectivity index (χ4v) is 1.63. The van der Waals surface area contributed by atoms with E-state index in [9.17, 15) is 9.59 Å². The van der Waals surface area contributed by atoms with Gasteiger partial charge in [0.1, 0.15) is 0 Å². The Labute approximate surface area is 94.0 Å². The van der Waals surface area contributed by atoms with Crippen molar-refractivity contribution in [2.75, 3.05) is 5.32 Å². The van der Waals surface area contributed by atoms with Gasteiger partial charge in [0.05, 0.1) is 0 Å². The molecule has 5 heteroatoms. The van der Waals surface area contributed by atoms with E-state index < -0.39 is 12.1 Å². The quantitative estimate of drug-likeness (QED) is 0.675. The van der Waals surface area contributed by atoms with E-state index in [1.54, 1.807) is 0 Å². The SMILES string of the molecule is Cc1cc(C)c(NC(=O)NC(N)=O)c(C)c1. The number of rotatable bonds is 1. The van der Waals surface area contributed by atoms with Gasteiger partial charge < -0.3 is 11.1 Å². The molecule has 1 aromatic rings. The van der Waals surface area contributed by atoms with Crippen molar-refractivity contribution in [2.24, 2.45) is 5.73 Å². The van der Waals surface area contributed by atoms with Crippen LogP contribution in [-0.4, -0.2) is 12.1 Å². The van der Waals surface area contributed by atoms with E-state index in [2.05, 4.69) is 5.32 Å². The van der Waals surface area contributed by atoms with E-state index in [1.165, 1.54) is 0 Å². The molecule has 16 heavy (non-hydrogen) atoms. The standard InChI is InChI=1S/C11H15N3O2/c1-6-4-7(2)9(8(3)5-6)13-11(16)14-10(12)15/h4-5H,1-3H3,(H4,12,13,14,15,16). The lowest BCUT2D eigenvalue weighted by atomic mass is 10.1. The molecule has 1 aromatic carbocycles. The summed E-state index contributed by atoms with van der Waals surface area (Å²) in [4.78, 5) is 21.8. The highest BCUT2D eigenvalue weighted by atomic mass is 16.2. The van der Waals surface area contributed by atoms with E-state index in [-0.39, 0.29) is 0 Å². The van der Waals surface area contributed by atoms with Crippen LogP contribution in [0.5, 0.6) is 0 Å². The third-order valence-electron chi connectivity index (χ3n) is 2.15. The molecule has 0 aromatic heterocycles. The second-order valence-corrected chi connectivity index (χ2v) is 3.72. The molecular formula is C11H15N3O2. The predicted octanol–water partition coefficient (Wildman–Crippen LogP) is 1.81. The summed E-state index contributed by atoms with van der Waals surface area (Å²) in [5, 5.41) is 4.54. The maximum absolute atomic E-state index is 11.3. The molecule has 0 heterocycles. The Bertz CT molecular complexity index is 418. The van der Waals surface area contributed by atoms with Crippen LogP contribution >= 0.6 is 0 Å². The first-order valence-corrected chi connectivity index (χ1v) is 4.85. The maximum Gasteiger partial charge on any atom is 0.327 e. The van der Waals surface area contributed by atoms with Crippen LogP contribution in [0, 0.1) is 20.8 Å². The Morgan fingerprint density at radius 2 is 1.62 bits per heavy atom. The monoisotopic (exact) mass is 221 g/mol. The first kappa shape index (κ1) is 12.0. The summed E-state index contributed by atoms with van der Waals surface area (Å²) in [5.74, 6) is 0. The van der Waals surface area contributed by atoms with Gasteiger partial charge in [-0.3, -0.25) is 5.32 Å². The Morgan fingerprint density at radius 1 is 1.12 bits per heavy atom. The van der Waals surface area contributed by atoms with Gasteiger partial charge >= 0.3 is 12.1 Å². The van der Waals surface area contributed by atoms with E-state index in [0.29, 0.717) is 5.69 Å².